The van der Waals surface area contributed by atoms with Gasteiger partial charge < -0.3 is 4.42 Å². The second-order valence-electron chi connectivity index (χ2n) is 13.3. The molecule has 8 aromatic carbocycles. The van der Waals surface area contributed by atoms with Crippen LogP contribution in [0.2, 0.25) is 0 Å². The zero-order valence-corrected chi connectivity index (χ0v) is 28.7. The molecular weight excluding hydrogens is 653 g/mol. The van der Waals surface area contributed by atoms with Crippen LogP contribution < -0.4 is 0 Å². The predicted molar refractivity (Wildman–Crippen MR) is 219 cm³/mol. The molecule has 0 bridgehead atoms. The summed E-state index contributed by atoms with van der Waals surface area (Å²) in [6.07, 6.45) is 0. The summed E-state index contributed by atoms with van der Waals surface area (Å²) >= 11 is 1.76. The van der Waals surface area contributed by atoms with Gasteiger partial charge in [-0.15, -0.1) is 11.3 Å². The molecule has 0 aliphatic heterocycles. The second-order valence-corrected chi connectivity index (χ2v) is 14.4. The van der Waals surface area contributed by atoms with Gasteiger partial charge in [0.15, 0.2) is 5.82 Å². The molecule has 0 saturated heterocycles. The molecule has 0 radical (unpaired) electrons. The summed E-state index contributed by atoms with van der Waals surface area (Å²) in [5.41, 5.74) is 10.4. The van der Waals surface area contributed by atoms with Gasteiger partial charge in [-0.2, -0.15) is 0 Å². The minimum Gasteiger partial charge on any atom is -0.456 e. The molecule has 0 unspecified atom stereocenters. The molecule has 0 saturated carbocycles. The van der Waals surface area contributed by atoms with Crippen molar-refractivity contribution >= 4 is 75.1 Å². The van der Waals surface area contributed by atoms with Crippen LogP contribution in [0.4, 0.5) is 0 Å². The molecule has 52 heavy (non-hydrogen) atoms. The van der Waals surface area contributed by atoms with Crippen LogP contribution >= 0.6 is 11.3 Å². The van der Waals surface area contributed by atoms with Crippen molar-refractivity contribution in [3.63, 3.8) is 0 Å². The predicted octanol–water partition coefficient (Wildman–Crippen LogP) is 13.7. The van der Waals surface area contributed by atoms with Crippen LogP contribution in [0.15, 0.2) is 174 Å². The van der Waals surface area contributed by atoms with Crippen LogP contribution in [-0.4, -0.2) is 9.97 Å². The van der Waals surface area contributed by atoms with Crippen molar-refractivity contribution in [1.82, 2.24) is 9.97 Å². The summed E-state index contributed by atoms with van der Waals surface area (Å²) in [5.74, 6) is 0.692. The van der Waals surface area contributed by atoms with E-state index in [4.69, 9.17) is 14.4 Å². The molecule has 242 valence electrons. The number of hydrogen-bond acceptors (Lipinski definition) is 4. The molecule has 3 heterocycles. The molecule has 0 atom stereocenters. The molecule has 0 fully saturated rings. The van der Waals surface area contributed by atoms with Crippen molar-refractivity contribution in [2.45, 2.75) is 0 Å². The maximum Gasteiger partial charge on any atom is 0.161 e. The zero-order valence-electron chi connectivity index (χ0n) is 27.9. The lowest BCUT2D eigenvalue weighted by Gasteiger charge is -2.10. The van der Waals surface area contributed by atoms with E-state index in [0.29, 0.717) is 5.82 Å². The number of nitrogens with zero attached hydrogens (tertiary/aromatic N) is 2. The first-order valence-corrected chi connectivity index (χ1v) is 18.3. The van der Waals surface area contributed by atoms with Gasteiger partial charge in [0.2, 0.25) is 0 Å². The highest BCUT2D eigenvalue weighted by molar-refractivity contribution is 7.26. The fraction of sp³-hybridized carbons (Fsp3) is 0. The van der Waals surface area contributed by atoms with E-state index in [2.05, 4.69) is 158 Å². The molecule has 3 aromatic heterocycles. The third-order valence-corrected chi connectivity index (χ3v) is 11.5. The third kappa shape index (κ3) is 4.58. The number of furan rings is 1. The first-order chi connectivity index (χ1) is 25.7. The molecule has 0 spiro atoms. The van der Waals surface area contributed by atoms with E-state index >= 15 is 0 Å². The summed E-state index contributed by atoms with van der Waals surface area (Å²) in [5, 5.41) is 8.08. The van der Waals surface area contributed by atoms with Gasteiger partial charge in [0.05, 0.1) is 15.9 Å². The van der Waals surface area contributed by atoms with Crippen LogP contribution in [-0.2, 0) is 0 Å². The van der Waals surface area contributed by atoms with Gasteiger partial charge in [-0.25, -0.2) is 9.97 Å². The molecule has 0 aliphatic rings. The van der Waals surface area contributed by atoms with Gasteiger partial charge in [-0.05, 0) is 74.1 Å². The van der Waals surface area contributed by atoms with Gasteiger partial charge in [0.1, 0.15) is 11.2 Å². The Bertz CT molecular complexity index is 3180. The van der Waals surface area contributed by atoms with E-state index in [0.717, 1.165) is 65.5 Å². The van der Waals surface area contributed by atoms with Crippen molar-refractivity contribution in [2.24, 2.45) is 0 Å². The van der Waals surface area contributed by atoms with E-state index in [1.807, 2.05) is 12.1 Å². The van der Waals surface area contributed by atoms with Crippen molar-refractivity contribution in [1.29, 1.82) is 0 Å². The summed E-state index contributed by atoms with van der Waals surface area (Å²) in [6.45, 7) is 0. The maximum atomic E-state index is 6.48. The van der Waals surface area contributed by atoms with Gasteiger partial charge in [0, 0.05) is 32.0 Å². The van der Waals surface area contributed by atoms with E-state index in [9.17, 15) is 0 Å². The smallest absolute Gasteiger partial charge is 0.161 e. The summed E-state index contributed by atoms with van der Waals surface area (Å²) in [6, 6.07) is 60.3. The van der Waals surface area contributed by atoms with Crippen molar-refractivity contribution in [3.05, 3.63) is 170 Å². The number of aromatic nitrogens is 2. The van der Waals surface area contributed by atoms with E-state index < -0.39 is 0 Å². The summed E-state index contributed by atoms with van der Waals surface area (Å²) in [4.78, 5) is 10.8. The quantitative estimate of drug-likeness (QED) is 0.186. The zero-order chi connectivity index (χ0) is 34.2. The molecule has 3 nitrogen and oxygen atoms in total. The highest BCUT2D eigenvalue weighted by atomic mass is 32.1. The first-order valence-electron chi connectivity index (χ1n) is 17.5. The number of rotatable bonds is 4. The van der Waals surface area contributed by atoms with Crippen LogP contribution in [0.3, 0.4) is 0 Å². The molecule has 11 aromatic rings. The summed E-state index contributed by atoms with van der Waals surface area (Å²) in [7, 11) is 0. The molecular formula is C48H28N2OS. The second kappa shape index (κ2) is 11.5. The first kappa shape index (κ1) is 29.1. The van der Waals surface area contributed by atoms with Crippen LogP contribution in [0.5, 0.6) is 0 Å². The number of fused-ring (bicyclic) bond motifs is 8. The number of hydrogen-bond donors (Lipinski definition) is 0. The van der Waals surface area contributed by atoms with Gasteiger partial charge in [-0.1, -0.05) is 140 Å². The molecule has 0 amide bonds. The number of thiophene rings is 1. The third-order valence-electron chi connectivity index (χ3n) is 10.3. The lowest BCUT2D eigenvalue weighted by molar-refractivity contribution is 0.669. The Labute approximate surface area is 303 Å². The Hall–Kier alpha value is -6.62. The lowest BCUT2D eigenvalue weighted by atomic mass is 9.97. The minimum atomic E-state index is 0.692. The molecule has 4 heteroatoms. The Kier molecular flexibility index (Phi) is 6.42. The Morgan fingerprint density at radius 1 is 0.423 bits per heavy atom. The van der Waals surface area contributed by atoms with Crippen LogP contribution in [0.25, 0.3) is 109 Å². The van der Waals surface area contributed by atoms with Crippen molar-refractivity contribution in [2.75, 3.05) is 0 Å². The van der Waals surface area contributed by atoms with E-state index in [1.165, 1.54) is 37.4 Å². The maximum absolute atomic E-state index is 6.48. The largest absolute Gasteiger partial charge is 0.456 e. The Morgan fingerprint density at radius 3 is 1.94 bits per heavy atom. The highest BCUT2D eigenvalue weighted by Gasteiger charge is 2.21. The standard InChI is InChI=1S/C48H28N2OS/c1-2-11-33-27-34(24-23-29(33)9-1)30-19-21-31(22-20-30)35-25-26-41-40(28-35)44-39(16-8-17-42(44)51-41)48-49-45(37-15-7-12-32-10-3-4-13-36(32)37)47-46(50-48)38-14-5-6-18-43(38)52-47/h1-28H. The Balaban J connectivity index is 1.08. The average Bonchev–Trinajstić information content (AvgIpc) is 3.78. The fourth-order valence-electron chi connectivity index (χ4n) is 7.74. The minimum absolute atomic E-state index is 0.692. The SMILES string of the molecule is c1ccc2cc(-c3ccc(-c4ccc5oc6cccc(-c7nc(-c8cccc9ccccc89)c8sc9ccccc9c8n7)c6c5c4)cc3)ccc2c1. The average molecular weight is 681 g/mol. The van der Waals surface area contributed by atoms with Crippen molar-refractivity contribution < 1.29 is 4.42 Å². The normalized spacial score (nSPS) is 11.8. The van der Waals surface area contributed by atoms with E-state index in [1.54, 1.807) is 11.3 Å². The fourth-order valence-corrected chi connectivity index (χ4v) is 8.89. The summed E-state index contributed by atoms with van der Waals surface area (Å²) < 4.78 is 8.78. The monoisotopic (exact) mass is 680 g/mol. The molecule has 0 N–H and O–H groups in total. The number of benzene rings is 8. The topological polar surface area (TPSA) is 38.9 Å². The van der Waals surface area contributed by atoms with Crippen LogP contribution in [0, 0.1) is 0 Å². The van der Waals surface area contributed by atoms with Gasteiger partial charge >= 0.3 is 0 Å². The van der Waals surface area contributed by atoms with Crippen LogP contribution in [0.1, 0.15) is 0 Å². The molecule has 11 rings (SSSR count). The molecule has 0 aliphatic carbocycles. The van der Waals surface area contributed by atoms with E-state index in [-0.39, 0.29) is 0 Å². The Morgan fingerprint density at radius 2 is 1.08 bits per heavy atom. The van der Waals surface area contributed by atoms with Crippen molar-refractivity contribution in [3.8, 4) is 44.9 Å². The van der Waals surface area contributed by atoms with Gasteiger partial charge in [-0.3, -0.25) is 0 Å². The van der Waals surface area contributed by atoms with Gasteiger partial charge in [0.25, 0.3) is 0 Å². The lowest BCUT2D eigenvalue weighted by Crippen LogP contribution is -1.94. The highest BCUT2D eigenvalue weighted by Crippen LogP contribution is 2.43.